The number of anilines is 1. The molecule has 5 nitrogen and oxygen atoms in total. The molecule has 0 aromatic carbocycles. The molecule has 20 heavy (non-hydrogen) atoms. The summed E-state index contributed by atoms with van der Waals surface area (Å²) in [6, 6.07) is 0. The second-order valence-corrected chi connectivity index (χ2v) is 5.61. The third-order valence-electron chi connectivity index (χ3n) is 3.27. The van der Waals surface area contributed by atoms with Crippen LogP contribution in [-0.4, -0.2) is 22.6 Å². The highest BCUT2D eigenvalue weighted by atomic mass is 32.1. The first kappa shape index (κ1) is 14.7. The Morgan fingerprint density at radius 1 is 1.25 bits per heavy atom. The minimum absolute atomic E-state index is 0.118. The number of nitrogens with two attached hydrogens (primary N) is 1. The van der Waals surface area contributed by atoms with E-state index in [0.717, 1.165) is 40.7 Å². The van der Waals surface area contributed by atoms with Crippen molar-refractivity contribution in [2.75, 3.05) is 12.3 Å². The molecule has 0 radical (unpaired) electrons. The number of carbonyl (C=O) groups is 1. The van der Waals surface area contributed by atoms with Crippen molar-refractivity contribution in [3.05, 3.63) is 16.1 Å². The fraction of sp³-hybridized carbons (Fsp3) is 0.500. The number of aryl methyl sites for hydroxylation is 2. The molecule has 0 fully saturated rings. The molecular weight excluding hydrogens is 272 g/mol. The molecule has 0 saturated carbocycles. The Balaban J connectivity index is 2.55. The van der Waals surface area contributed by atoms with Crippen LogP contribution in [0.25, 0.3) is 10.2 Å². The van der Waals surface area contributed by atoms with Crippen LogP contribution in [0.5, 0.6) is 0 Å². The summed E-state index contributed by atoms with van der Waals surface area (Å²) >= 11 is 1.32. The van der Waals surface area contributed by atoms with E-state index in [9.17, 15) is 4.79 Å². The summed E-state index contributed by atoms with van der Waals surface area (Å²) in [5.41, 5.74) is 8.81. The number of hydrogen-bond donors (Lipinski definition) is 2. The lowest BCUT2D eigenvalue weighted by Crippen LogP contribution is -2.23. The summed E-state index contributed by atoms with van der Waals surface area (Å²) in [6.45, 7) is 6.79. The van der Waals surface area contributed by atoms with Gasteiger partial charge in [0, 0.05) is 11.9 Å². The maximum Gasteiger partial charge on any atom is 0.263 e. The molecule has 1 amide bonds. The van der Waals surface area contributed by atoms with E-state index in [1.807, 2.05) is 13.8 Å². The van der Waals surface area contributed by atoms with Crippen molar-refractivity contribution >= 4 is 33.1 Å². The molecule has 0 spiro atoms. The average molecular weight is 292 g/mol. The van der Waals surface area contributed by atoms with Crippen molar-refractivity contribution in [1.82, 2.24) is 15.5 Å². The lowest BCUT2D eigenvalue weighted by Gasteiger charge is -2.06. The summed E-state index contributed by atoms with van der Waals surface area (Å²) < 4.78 is 0. The molecular formula is C14H20N4OS. The molecule has 0 bridgehead atoms. The SMILES string of the molecule is CCCNC(=O)c1sc2nnc(CC)c(CC)c2c1N. The third-order valence-corrected chi connectivity index (χ3v) is 4.36. The molecule has 6 heteroatoms. The number of carbonyl (C=O) groups excluding carboxylic acids is 1. The Morgan fingerprint density at radius 2 is 2.00 bits per heavy atom. The summed E-state index contributed by atoms with van der Waals surface area (Å²) in [4.78, 5) is 13.4. The molecule has 2 aromatic rings. The molecule has 2 rings (SSSR count). The van der Waals surface area contributed by atoms with Crippen LogP contribution < -0.4 is 11.1 Å². The van der Waals surface area contributed by atoms with Crippen LogP contribution in [0.3, 0.4) is 0 Å². The van der Waals surface area contributed by atoms with Crippen LogP contribution in [0.15, 0.2) is 0 Å². The van der Waals surface area contributed by atoms with Crippen LogP contribution in [0, 0.1) is 0 Å². The Hall–Kier alpha value is -1.69. The standard InChI is InChI=1S/C14H20N4OS/c1-4-7-16-13(19)12-11(15)10-8(5-2)9(6-3)17-18-14(10)20-12/h4-7,15H2,1-3H3,(H,16,19). The molecule has 0 atom stereocenters. The van der Waals surface area contributed by atoms with Gasteiger partial charge in [-0.15, -0.1) is 16.4 Å². The van der Waals surface area contributed by atoms with E-state index < -0.39 is 0 Å². The smallest absolute Gasteiger partial charge is 0.263 e. The van der Waals surface area contributed by atoms with Crippen molar-refractivity contribution in [1.29, 1.82) is 0 Å². The zero-order chi connectivity index (χ0) is 14.7. The topological polar surface area (TPSA) is 80.9 Å². The van der Waals surface area contributed by atoms with E-state index in [4.69, 9.17) is 5.73 Å². The fourth-order valence-electron chi connectivity index (χ4n) is 2.26. The number of nitrogens with one attached hydrogen (secondary N) is 1. The largest absolute Gasteiger partial charge is 0.397 e. The van der Waals surface area contributed by atoms with Gasteiger partial charge in [-0.05, 0) is 24.8 Å². The Labute approximate surface area is 122 Å². The minimum atomic E-state index is -0.118. The van der Waals surface area contributed by atoms with Gasteiger partial charge in [0.2, 0.25) is 0 Å². The molecule has 3 N–H and O–H groups in total. The van der Waals surface area contributed by atoms with Crippen LogP contribution in [0.4, 0.5) is 5.69 Å². The second-order valence-electron chi connectivity index (χ2n) is 4.61. The van der Waals surface area contributed by atoms with Gasteiger partial charge in [0.05, 0.1) is 11.4 Å². The van der Waals surface area contributed by atoms with Crippen LogP contribution in [0.1, 0.15) is 48.1 Å². The first-order chi connectivity index (χ1) is 9.63. The highest BCUT2D eigenvalue weighted by molar-refractivity contribution is 7.21. The van der Waals surface area contributed by atoms with Crippen LogP contribution in [-0.2, 0) is 12.8 Å². The van der Waals surface area contributed by atoms with Gasteiger partial charge >= 0.3 is 0 Å². The lowest BCUT2D eigenvalue weighted by molar-refractivity contribution is 0.0958. The van der Waals surface area contributed by atoms with Crippen LogP contribution in [0.2, 0.25) is 0 Å². The van der Waals surface area contributed by atoms with E-state index in [1.54, 1.807) is 0 Å². The molecule has 108 valence electrons. The number of fused-ring (bicyclic) bond motifs is 1. The fourth-order valence-corrected chi connectivity index (χ4v) is 3.24. The van der Waals surface area contributed by atoms with Gasteiger partial charge in [0.15, 0.2) is 0 Å². The van der Waals surface area contributed by atoms with Gasteiger partial charge in [-0.1, -0.05) is 20.8 Å². The number of nitrogens with zero attached hydrogens (tertiary/aromatic N) is 2. The van der Waals surface area contributed by atoms with Gasteiger partial charge in [-0.2, -0.15) is 5.10 Å². The number of amides is 1. The summed E-state index contributed by atoms with van der Waals surface area (Å²) in [7, 11) is 0. The summed E-state index contributed by atoms with van der Waals surface area (Å²) in [5.74, 6) is -0.118. The molecule has 0 saturated heterocycles. The Kier molecular flexibility index (Phi) is 4.54. The first-order valence-corrected chi connectivity index (χ1v) is 7.80. The first-order valence-electron chi connectivity index (χ1n) is 6.98. The van der Waals surface area contributed by atoms with Gasteiger partial charge in [0.1, 0.15) is 9.71 Å². The van der Waals surface area contributed by atoms with E-state index in [-0.39, 0.29) is 5.91 Å². The molecule has 2 heterocycles. The van der Waals surface area contributed by atoms with E-state index in [1.165, 1.54) is 11.3 Å². The van der Waals surface area contributed by atoms with E-state index in [0.29, 0.717) is 17.1 Å². The van der Waals surface area contributed by atoms with E-state index in [2.05, 4.69) is 22.4 Å². The van der Waals surface area contributed by atoms with Gasteiger partial charge in [0.25, 0.3) is 5.91 Å². The number of rotatable bonds is 5. The summed E-state index contributed by atoms with van der Waals surface area (Å²) in [5, 5.41) is 12.2. The number of hydrogen-bond acceptors (Lipinski definition) is 5. The normalized spacial score (nSPS) is 10.9. The van der Waals surface area contributed by atoms with E-state index >= 15 is 0 Å². The van der Waals surface area contributed by atoms with Gasteiger partial charge < -0.3 is 11.1 Å². The molecule has 0 aliphatic heterocycles. The van der Waals surface area contributed by atoms with Crippen molar-refractivity contribution in [3.63, 3.8) is 0 Å². The average Bonchev–Trinajstić information content (AvgIpc) is 2.81. The molecule has 0 unspecified atom stereocenters. The predicted molar refractivity (Wildman–Crippen MR) is 83.2 cm³/mol. The van der Waals surface area contributed by atoms with Crippen molar-refractivity contribution in [3.8, 4) is 0 Å². The highest BCUT2D eigenvalue weighted by Crippen LogP contribution is 2.35. The quantitative estimate of drug-likeness (QED) is 0.887. The molecule has 0 aliphatic rings. The second kappa shape index (κ2) is 6.17. The predicted octanol–water partition coefficient (Wildman–Crippen LogP) is 2.54. The van der Waals surface area contributed by atoms with Crippen molar-refractivity contribution in [2.45, 2.75) is 40.0 Å². The third kappa shape index (κ3) is 2.47. The maximum atomic E-state index is 12.1. The molecule has 0 aliphatic carbocycles. The lowest BCUT2D eigenvalue weighted by atomic mass is 10.1. The molecule has 2 aromatic heterocycles. The zero-order valence-corrected chi connectivity index (χ0v) is 12.9. The van der Waals surface area contributed by atoms with Crippen LogP contribution >= 0.6 is 11.3 Å². The maximum absolute atomic E-state index is 12.1. The monoisotopic (exact) mass is 292 g/mol. The Morgan fingerprint density at radius 3 is 2.60 bits per heavy atom. The number of thiophene rings is 1. The minimum Gasteiger partial charge on any atom is -0.397 e. The van der Waals surface area contributed by atoms with Gasteiger partial charge in [-0.3, -0.25) is 4.79 Å². The van der Waals surface area contributed by atoms with Crippen molar-refractivity contribution in [2.24, 2.45) is 0 Å². The highest BCUT2D eigenvalue weighted by Gasteiger charge is 2.20. The van der Waals surface area contributed by atoms with Gasteiger partial charge in [-0.25, -0.2) is 0 Å². The zero-order valence-electron chi connectivity index (χ0n) is 12.1. The summed E-state index contributed by atoms with van der Waals surface area (Å²) in [6.07, 6.45) is 2.56. The Bertz CT molecular complexity index is 636. The number of aromatic nitrogens is 2. The number of nitrogen functional groups attached to an aromatic ring is 1. The van der Waals surface area contributed by atoms with Crippen molar-refractivity contribution < 1.29 is 4.79 Å².